The van der Waals surface area contributed by atoms with Crippen molar-refractivity contribution < 1.29 is 5.11 Å². The summed E-state index contributed by atoms with van der Waals surface area (Å²) in [5, 5.41) is 13.2. The summed E-state index contributed by atoms with van der Waals surface area (Å²) in [5.41, 5.74) is 0. The zero-order chi connectivity index (χ0) is 10.3. The SMILES string of the molecule is OCC1CC(C2CCC2)CNC1C1CC1. The van der Waals surface area contributed by atoms with Crippen LogP contribution in [0.5, 0.6) is 0 Å². The molecule has 3 unspecified atom stereocenters. The smallest absolute Gasteiger partial charge is 0.0474 e. The number of aliphatic hydroxyl groups is 1. The second-order valence-corrected chi connectivity index (χ2v) is 5.90. The van der Waals surface area contributed by atoms with Crippen LogP contribution < -0.4 is 5.32 Å². The van der Waals surface area contributed by atoms with Crippen molar-refractivity contribution in [2.24, 2.45) is 23.7 Å². The lowest BCUT2D eigenvalue weighted by Crippen LogP contribution is -2.50. The van der Waals surface area contributed by atoms with E-state index < -0.39 is 0 Å². The highest BCUT2D eigenvalue weighted by Gasteiger charge is 2.41. The van der Waals surface area contributed by atoms with Gasteiger partial charge in [0.15, 0.2) is 0 Å². The number of rotatable bonds is 3. The third-order valence-electron chi connectivity index (χ3n) is 4.91. The van der Waals surface area contributed by atoms with Crippen LogP contribution in [0.4, 0.5) is 0 Å². The van der Waals surface area contributed by atoms with Crippen LogP contribution in [-0.2, 0) is 0 Å². The van der Waals surface area contributed by atoms with E-state index in [0.29, 0.717) is 18.6 Å². The summed E-state index contributed by atoms with van der Waals surface area (Å²) >= 11 is 0. The van der Waals surface area contributed by atoms with Gasteiger partial charge in [-0.1, -0.05) is 19.3 Å². The van der Waals surface area contributed by atoms with Crippen LogP contribution in [0.25, 0.3) is 0 Å². The van der Waals surface area contributed by atoms with Crippen molar-refractivity contribution >= 4 is 0 Å². The lowest BCUT2D eigenvalue weighted by atomic mass is 9.69. The molecular weight excluding hydrogens is 186 g/mol. The monoisotopic (exact) mass is 209 g/mol. The number of piperidine rings is 1. The Balaban J connectivity index is 1.59. The van der Waals surface area contributed by atoms with Gasteiger partial charge in [0.1, 0.15) is 0 Å². The quantitative estimate of drug-likeness (QED) is 0.742. The fraction of sp³-hybridized carbons (Fsp3) is 1.00. The number of hydrogen-bond donors (Lipinski definition) is 2. The van der Waals surface area contributed by atoms with Crippen molar-refractivity contribution in [1.29, 1.82) is 0 Å². The third kappa shape index (κ3) is 1.94. The van der Waals surface area contributed by atoms with Gasteiger partial charge in [-0.3, -0.25) is 0 Å². The molecule has 0 radical (unpaired) electrons. The largest absolute Gasteiger partial charge is 0.396 e. The molecule has 0 spiro atoms. The molecule has 2 heteroatoms. The first-order valence-corrected chi connectivity index (χ1v) is 6.72. The molecule has 0 aromatic rings. The molecule has 1 saturated heterocycles. The van der Waals surface area contributed by atoms with E-state index in [1.54, 1.807) is 0 Å². The number of aliphatic hydroxyl groups excluding tert-OH is 1. The minimum atomic E-state index is 0.400. The van der Waals surface area contributed by atoms with Crippen LogP contribution in [0, 0.1) is 23.7 Å². The van der Waals surface area contributed by atoms with E-state index in [-0.39, 0.29) is 0 Å². The Kier molecular flexibility index (Phi) is 2.73. The minimum Gasteiger partial charge on any atom is -0.396 e. The highest BCUT2D eigenvalue weighted by molar-refractivity contribution is 4.96. The zero-order valence-corrected chi connectivity index (χ0v) is 9.49. The van der Waals surface area contributed by atoms with Gasteiger partial charge < -0.3 is 10.4 Å². The Labute approximate surface area is 92.4 Å². The van der Waals surface area contributed by atoms with E-state index in [0.717, 1.165) is 17.8 Å². The van der Waals surface area contributed by atoms with Crippen LogP contribution in [0.3, 0.4) is 0 Å². The molecule has 3 aliphatic rings. The molecule has 15 heavy (non-hydrogen) atoms. The van der Waals surface area contributed by atoms with E-state index >= 15 is 0 Å². The molecule has 1 aliphatic heterocycles. The van der Waals surface area contributed by atoms with Crippen LogP contribution in [-0.4, -0.2) is 24.3 Å². The van der Waals surface area contributed by atoms with Gasteiger partial charge in [-0.05, 0) is 49.5 Å². The lowest BCUT2D eigenvalue weighted by Gasteiger charge is -2.43. The van der Waals surface area contributed by atoms with E-state index in [4.69, 9.17) is 0 Å². The van der Waals surface area contributed by atoms with Crippen molar-refractivity contribution in [3.8, 4) is 0 Å². The van der Waals surface area contributed by atoms with Gasteiger partial charge >= 0.3 is 0 Å². The van der Waals surface area contributed by atoms with Gasteiger partial charge in [0.2, 0.25) is 0 Å². The molecule has 86 valence electrons. The van der Waals surface area contributed by atoms with Gasteiger partial charge in [-0.25, -0.2) is 0 Å². The van der Waals surface area contributed by atoms with Gasteiger partial charge in [0.05, 0.1) is 0 Å². The molecule has 2 nitrogen and oxygen atoms in total. The molecular formula is C13H23NO. The molecule has 3 atom stereocenters. The summed E-state index contributed by atoms with van der Waals surface area (Å²) in [6.45, 7) is 1.62. The maximum Gasteiger partial charge on any atom is 0.0474 e. The molecule has 3 rings (SSSR count). The third-order valence-corrected chi connectivity index (χ3v) is 4.91. The second kappa shape index (κ2) is 4.06. The Hall–Kier alpha value is -0.0800. The maximum atomic E-state index is 9.49. The van der Waals surface area contributed by atoms with Gasteiger partial charge in [-0.15, -0.1) is 0 Å². The average molecular weight is 209 g/mol. The standard InChI is InChI=1S/C13H23NO/c15-8-12-6-11(9-2-1-3-9)7-14-13(12)10-4-5-10/h9-15H,1-8H2. The summed E-state index contributed by atoms with van der Waals surface area (Å²) in [6.07, 6.45) is 8.40. The molecule has 3 fully saturated rings. The highest BCUT2D eigenvalue weighted by Crippen LogP contribution is 2.43. The molecule has 0 aromatic carbocycles. The fourth-order valence-corrected chi connectivity index (χ4v) is 3.54. The van der Waals surface area contributed by atoms with Crippen LogP contribution in [0.1, 0.15) is 38.5 Å². The summed E-state index contributed by atoms with van der Waals surface area (Å²) < 4.78 is 0. The van der Waals surface area contributed by atoms with Crippen LogP contribution in [0.2, 0.25) is 0 Å². The fourth-order valence-electron chi connectivity index (χ4n) is 3.54. The number of nitrogens with one attached hydrogen (secondary N) is 1. The molecule has 0 aromatic heterocycles. The lowest BCUT2D eigenvalue weighted by molar-refractivity contribution is 0.0751. The maximum absolute atomic E-state index is 9.49. The summed E-state index contributed by atoms with van der Waals surface area (Å²) in [6, 6.07) is 0.645. The summed E-state index contributed by atoms with van der Waals surface area (Å²) in [4.78, 5) is 0. The van der Waals surface area contributed by atoms with E-state index in [1.807, 2.05) is 0 Å². The van der Waals surface area contributed by atoms with Crippen molar-refractivity contribution in [1.82, 2.24) is 5.32 Å². The first-order chi connectivity index (χ1) is 7.38. The molecule has 0 amide bonds. The average Bonchev–Trinajstić information content (AvgIpc) is 2.98. The first-order valence-electron chi connectivity index (χ1n) is 6.72. The Bertz CT molecular complexity index is 223. The summed E-state index contributed by atoms with van der Waals surface area (Å²) in [5.74, 6) is 3.29. The molecule has 2 aliphatic carbocycles. The Morgan fingerprint density at radius 1 is 1.00 bits per heavy atom. The summed E-state index contributed by atoms with van der Waals surface area (Å²) in [7, 11) is 0. The van der Waals surface area contributed by atoms with E-state index in [1.165, 1.54) is 45.1 Å². The Morgan fingerprint density at radius 2 is 1.80 bits per heavy atom. The van der Waals surface area contributed by atoms with Crippen molar-refractivity contribution in [3.05, 3.63) is 0 Å². The minimum absolute atomic E-state index is 0.400. The number of hydrogen-bond acceptors (Lipinski definition) is 2. The normalized spacial score (nSPS) is 42.6. The van der Waals surface area contributed by atoms with Crippen molar-refractivity contribution in [2.75, 3.05) is 13.2 Å². The predicted molar refractivity (Wildman–Crippen MR) is 60.5 cm³/mol. The predicted octanol–water partition coefficient (Wildman–Crippen LogP) is 1.78. The molecule has 0 bridgehead atoms. The van der Waals surface area contributed by atoms with Crippen molar-refractivity contribution in [2.45, 2.75) is 44.6 Å². The Morgan fingerprint density at radius 3 is 2.33 bits per heavy atom. The van der Waals surface area contributed by atoms with Gasteiger partial charge in [0.25, 0.3) is 0 Å². The van der Waals surface area contributed by atoms with Gasteiger partial charge in [-0.2, -0.15) is 0 Å². The highest BCUT2D eigenvalue weighted by atomic mass is 16.3. The topological polar surface area (TPSA) is 32.3 Å². The van der Waals surface area contributed by atoms with E-state index in [9.17, 15) is 5.11 Å². The molecule has 1 heterocycles. The van der Waals surface area contributed by atoms with Crippen molar-refractivity contribution in [3.63, 3.8) is 0 Å². The second-order valence-electron chi connectivity index (χ2n) is 5.90. The van der Waals surface area contributed by atoms with Gasteiger partial charge in [0, 0.05) is 12.6 Å². The van der Waals surface area contributed by atoms with Crippen LogP contribution in [0.15, 0.2) is 0 Å². The molecule has 2 saturated carbocycles. The van der Waals surface area contributed by atoms with E-state index in [2.05, 4.69) is 5.32 Å². The van der Waals surface area contributed by atoms with Crippen LogP contribution >= 0.6 is 0 Å². The zero-order valence-electron chi connectivity index (χ0n) is 9.49. The first kappa shape index (κ1) is 10.1. The molecule has 2 N–H and O–H groups in total.